The quantitative estimate of drug-likeness (QED) is 0.413. The second-order valence-electron chi connectivity index (χ2n) is 8.36. The summed E-state index contributed by atoms with van der Waals surface area (Å²) in [6.07, 6.45) is 3.32. The second kappa shape index (κ2) is 10.1. The second-order valence-corrected chi connectivity index (χ2v) is 8.36. The number of anilines is 1. The van der Waals surface area contributed by atoms with Crippen LogP contribution < -0.4 is 16.6 Å². The van der Waals surface area contributed by atoms with Gasteiger partial charge in [0.2, 0.25) is 0 Å². The van der Waals surface area contributed by atoms with Gasteiger partial charge in [0, 0.05) is 56.9 Å². The van der Waals surface area contributed by atoms with Crippen LogP contribution in [0.15, 0.2) is 58.4 Å². The Bertz CT molecular complexity index is 1430. The van der Waals surface area contributed by atoms with Crippen molar-refractivity contribution in [2.75, 3.05) is 44.7 Å². The molecule has 0 atom stereocenters. The Morgan fingerprint density at radius 2 is 1.86 bits per heavy atom. The van der Waals surface area contributed by atoms with Crippen LogP contribution in [0.2, 0.25) is 0 Å². The van der Waals surface area contributed by atoms with Crippen molar-refractivity contribution in [3.05, 3.63) is 75.2 Å². The molecule has 1 saturated heterocycles. The zero-order chi connectivity index (χ0) is 24.2. The average Bonchev–Trinajstić information content (AvgIpc) is 2.91. The molecular weight excluding hydrogens is 448 g/mol. The van der Waals surface area contributed by atoms with Gasteiger partial charge in [-0.1, -0.05) is 6.07 Å². The highest BCUT2D eigenvalue weighted by Crippen LogP contribution is 2.18. The summed E-state index contributed by atoms with van der Waals surface area (Å²) < 4.78 is 7.81. The zero-order valence-electron chi connectivity index (χ0n) is 19.4. The lowest BCUT2D eigenvalue weighted by molar-refractivity contribution is 0.0398. The maximum absolute atomic E-state index is 12.8. The van der Waals surface area contributed by atoms with E-state index in [1.165, 1.54) is 11.6 Å². The molecule has 0 bridgehead atoms. The molecule has 4 aromatic rings. The molecule has 0 aliphatic carbocycles. The van der Waals surface area contributed by atoms with Crippen LogP contribution in [0.5, 0.6) is 0 Å². The molecule has 3 aromatic heterocycles. The minimum atomic E-state index is -0.509. The number of pyridine rings is 1. The number of rotatable bonds is 7. The van der Waals surface area contributed by atoms with Crippen LogP contribution in [0.25, 0.3) is 22.6 Å². The summed E-state index contributed by atoms with van der Waals surface area (Å²) in [5.41, 5.74) is 1.76. The summed E-state index contributed by atoms with van der Waals surface area (Å²) in [6, 6.07) is 11.3. The summed E-state index contributed by atoms with van der Waals surface area (Å²) in [5.74, 6) is 0.320. The third-order valence-corrected chi connectivity index (χ3v) is 6.02. The van der Waals surface area contributed by atoms with Gasteiger partial charge in [0.25, 0.3) is 5.56 Å². The van der Waals surface area contributed by atoms with Crippen LogP contribution in [0.4, 0.5) is 5.69 Å². The molecule has 0 unspecified atom stereocenters. The van der Waals surface area contributed by atoms with E-state index in [1.807, 2.05) is 30.3 Å². The molecule has 11 heteroatoms. The molecule has 35 heavy (non-hydrogen) atoms. The number of nitrogens with one attached hydrogen (secondary N) is 1. The standard InChI is InChI=1S/C24H26N8O3/c1-30-23(33)20-22(32(24(30)34)16-17-3-2-8-25-15-17)29-28-21(27-20)18-4-6-19(7-5-18)26-9-10-31-11-13-35-14-12-31/h2-8,15,26H,9-14,16H2,1H3. The largest absolute Gasteiger partial charge is 0.384 e. The van der Waals surface area contributed by atoms with Crippen LogP contribution in [-0.2, 0) is 18.3 Å². The number of nitrogens with zero attached hydrogens (tertiary/aromatic N) is 7. The summed E-state index contributed by atoms with van der Waals surface area (Å²) in [6.45, 7) is 5.49. The van der Waals surface area contributed by atoms with Gasteiger partial charge in [-0.15, -0.1) is 10.2 Å². The molecule has 1 N–H and O–H groups in total. The fourth-order valence-electron chi connectivity index (χ4n) is 4.02. The van der Waals surface area contributed by atoms with E-state index in [4.69, 9.17) is 4.74 Å². The van der Waals surface area contributed by atoms with Crippen molar-refractivity contribution in [2.45, 2.75) is 6.54 Å². The van der Waals surface area contributed by atoms with Gasteiger partial charge in [-0.25, -0.2) is 9.78 Å². The first-order valence-corrected chi connectivity index (χ1v) is 11.5. The van der Waals surface area contributed by atoms with E-state index < -0.39 is 11.2 Å². The predicted octanol–water partition coefficient (Wildman–Crippen LogP) is 0.740. The summed E-state index contributed by atoms with van der Waals surface area (Å²) in [7, 11) is 1.43. The summed E-state index contributed by atoms with van der Waals surface area (Å²) in [4.78, 5) is 36.5. The fourth-order valence-corrected chi connectivity index (χ4v) is 4.02. The third-order valence-electron chi connectivity index (χ3n) is 6.02. The van der Waals surface area contributed by atoms with Crippen LogP contribution in [0.3, 0.4) is 0 Å². The van der Waals surface area contributed by atoms with Crippen LogP contribution in [0.1, 0.15) is 5.56 Å². The van der Waals surface area contributed by atoms with E-state index in [9.17, 15) is 9.59 Å². The first-order chi connectivity index (χ1) is 17.1. The molecule has 4 heterocycles. The Morgan fingerprint density at radius 1 is 1.06 bits per heavy atom. The van der Waals surface area contributed by atoms with E-state index in [0.717, 1.165) is 60.8 Å². The number of benzene rings is 1. The summed E-state index contributed by atoms with van der Waals surface area (Å²) >= 11 is 0. The summed E-state index contributed by atoms with van der Waals surface area (Å²) in [5, 5.41) is 11.9. The first-order valence-electron chi connectivity index (χ1n) is 11.5. The van der Waals surface area contributed by atoms with E-state index in [2.05, 4.69) is 30.4 Å². The van der Waals surface area contributed by atoms with E-state index in [-0.39, 0.29) is 17.7 Å². The molecule has 1 aliphatic rings. The van der Waals surface area contributed by atoms with Gasteiger partial charge in [-0.3, -0.25) is 23.8 Å². The molecule has 5 rings (SSSR count). The third kappa shape index (κ3) is 4.96. The van der Waals surface area contributed by atoms with Gasteiger partial charge >= 0.3 is 5.69 Å². The van der Waals surface area contributed by atoms with Crippen molar-refractivity contribution in [2.24, 2.45) is 7.05 Å². The smallest absolute Gasteiger partial charge is 0.332 e. The molecule has 180 valence electrons. The van der Waals surface area contributed by atoms with Gasteiger partial charge in [-0.05, 0) is 35.9 Å². The fraction of sp³-hybridized carbons (Fsp3) is 0.333. The monoisotopic (exact) mass is 474 g/mol. The molecule has 1 fully saturated rings. The average molecular weight is 475 g/mol. The molecule has 1 aliphatic heterocycles. The molecule has 1 aromatic carbocycles. The van der Waals surface area contributed by atoms with Crippen LogP contribution in [-0.4, -0.2) is 73.6 Å². The number of fused-ring (bicyclic) bond motifs is 1. The number of aromatic nitrogens is 6. The maximum Gasteiger partial charge on any atom is 0.332 e. The lowest BCUT2D eigenvalue weighted by Gasteiger charge is -2.26. The van der Waals surface area contributed by atoms with Crippen molar-refractivity contribution in [1.29, 1.82) is 0 Å². The van der Waals surface area contributed by atoms with Gasteiger partial charge in [-0.2, -0.15) is 0 Å². The minimum Gasteiger partial charge on any atom is -0.384 e. The molecule has 0 amide bonds. The van der Waals surface area contributed by atoms with E-state index in [0.29, 0.717) is 5.82 Å². The highest BCUT2D eigenvalue weighted by atomic mass is 16.5. The first kappa shape index (κ1) is 22.8. The van der Waals surface area contributed by atoms with Gasteiger partial charge in [0.05, 0.1) is 19.8 Å². The van der Waals surface area contributed by atoms with Crippen molar-refractivity contribution >= 4 is 16.9 Å². The van der Waals surface area contributed by atoms with Crippen LogP contribution in [0, 0.1) is 0 Å². The van der Waals surface area contributed by atoms with Gasteiger partial charge in [0.15, 0.2) is 17.0 Å². The normalized spacial score (nSPS) is 14.3. The highest BCUT2D eigenvalue weighted by molar-refractivity contribution is 5.71. The Balaban J connectivity index is 1.38. The van der Waals surface area contributed by atoms with E-state index in [1.54, 1.807) is 18.5 Å². The highest BCUT2D eigenvalue weighted by Gasteiger charge is 2.16. The Labute approximate surface area is 201 Å². The minimum absolute atomic E-state index is 0.0914. The molecular formula is C24H26N8O3. The maximum atomic E-state index is 12.8. The number of hydrogen-bond acceptors (Lipinski definition) is 9. The van der Waals surface area contributed by atoms with Crippen molar-refractivity contribution in [1.82, 2.24) is 34.2 Å². The van der Waals surface area contributed by atoms with Crippen LogP contribution >= 0.6 is 0 Å². The number of morpholine rings is 1. The predicted molar refractivity (Wildman–Crippen MR) is 131 cm³/mol. The van der Waals surface area contributed by atoms with Gasteiger partial charge in [0.1, 0.15) is 0 Å². The zero-order valence-corrected chi connectivity index (χ0v) is 19.4. The Morgan fingerprint density at radius 3 is 2.60 bits per heavy atom. The molecule has 11 nitrogen and oxygen atoms in total. The van der Waals surface area contributed by atoms with E-state index >= 15 is 0 Å². The van der Waals surface area contributed by atoms with Crippen molar-refractivity contribution in [3.63, 3.8) is 0 Å². The number of hydrogen-bond donors (Lipinski definition) is 1. The molecule has 0 spiro atoms. The van der Waals surface area contributed by atoms with Gasteiger partial charge < -0.3 is 10.1 Å². The SMILES string of the molecule is Cn1c(=O)c2nc(-c3ccc(NCCN4CCOCC4)cc3)nnc2n(Cc2cccnc2)c1=O. The van der Waals surface area contributed by atoms with Crippen molar-refractivity contribution in [3.8, 4) is 11.4 Å². The van der Waals surface area contributed by atoms with Crippen molar-refractivity contribution < 1.29 is 4.74 Å². The molecule has 0 saturated carbocycles. The topological polar surface area (TPSA) is 120 Å². The lowest BCUT2D eigenvalue weighted by atomic mass is 10.2. The Hall–Kier alpha value is -3.96. The molecule has 0 radical (unpaired) electrons. The Kier molecular flexibility index (Phi) is 6.59. The number of ether oxygens (including phenoxy) is 1. The lowest BCUT2D eigenvalue weighted by Crippen LogP contribution is -2.39.